The van der Waals surface area contributed by atoms with E-state index in [1.807, 2.05) is 0 Å². The van der Waals surface area contributed by atoms with Crippen molar-refractivity contribution >= 4 is 10.0 Å². The largest absolute Gasteiger partial charge is 0.485 e. The standard InChI is InChI=1S/C12H19NO4S/c1-11(2,14)12(3,4)17-9-5-7-10(8-6-9)18(13,15)16/h5-8,14H,1-4H3,(H2,13,15,16). The van der Waals surface area contributed by atoms with Crippen LogP contribution >= 0.6 is 0 Å². The van der Waals surface area contributed by atoms with Crippen molar-refractivity contribution in [1.29, 1.82) is 0 Å². The molecule has 0 radical (unpaired) electrons. The fourth-order valence-electron chi connectivity index (χ4n) is 1.12. The molecule has 0 aliphatic rings. The number of hydrogen-bond acceptors (Lipinski definition) is 4. The van der Waals surface area contributed by atoms with Crippen molar-refractivity contribution in [1.82, 2.24) is 0 Å². The maximum absolute atomic E-state index is 11.1. The van der Waals surface area contributed by atoms with Crippen LogP contribution in [0.5, 0.6) is 5.75 Å². The fraction of sp³-hybridized carbons (Fsp3) is 0.500. The Morgan fingerprint density at radius 1 is 1.11 bits per heavy atom. The van der Waals surface area contributed by atoms with E-state index < -0.39 is 21.2 Å². The molecule has 0 aliphatic heterocycles. The van der Waals surface area contributed by atoms with Crippen molar-refractivity contribution < 1.29 is 18.3 Å². The lowest BCUT2D eigenvalue weighted by molar-refractivity contribution is -0.0906. The minimum absolute atomic E-state index is 0.0240. The predicted molar refractivity (Wildman–Crippen MR) is 68.8 cm³/mol. The van der Waals surface area contributed by atoms with Gasteiger partial charge in [-0.15, -0.1) is 0 Å². The van der Waals surface area contributed by atoms with Crippen molar-refractivity contribution in [2.75, 3.05) is 0 Å². The Kier molecular flexibility index (Phi) is 3.76. The van der Waals surface area contributed by atoms with Crippen molar-refractivity contribution in [3.05, 3.63) is 24.3 Å². The summed E-state index contributed by atoms with van der Waals surface area (Å²) < 4.78 is 27.8. The topological polar surface area (TPSA) is 89.6 Å². The first-order chi connectivity index (χ1) is 7.93. The molecule has 0 atom stereocenters. The highest BCUT2D eigenvalue weighted by molar-refractivity contribution is 7.89. The molecule has 3 N–H and O–H groups in total. The first-order valence-electron chi connectivity index (χ1n) is 5.48. The Morgan fingerprint density at radius 3 is 1.89 bits per heavy atom. The molecule has 0 saturated carbocycles. The number of ether oxygens (including phenoxy) is 1. The molecule has 0 aliphatic carbocycles. The Morgan fingerprint density at radius 2 is 1.56 bits per heavy atom. The van der Waals surface area contributed by atoms with Crippen LogP contribution in [0.3, 0.4) is 0 Å². The van der Waals surface area contributed by atoms with Crippen LogP contribution in [-0.2, 0) is 10.0 Å². The second kappa shape index (κ2) is 4.53. The second-order valence-corrected chi connectivity index (χ2v) is 6.75. The number of aliphatic hydroxyl groups is 1. The molecule has 0 heterocycles. The van der Waals surface area contributed by atoms with Gasteiger partial charge in [0.1, 0.15) is 11.4 Å². The second-order valence-electron chi connectivity index (χ2n) is 5.19. The molecule has 102 valence electrons. The third kappa shape index (κ3) is 3.44. The normalized spacial score (nSPS) is 13.4. The third-order valence-corrected chi connectivity index (χ3v) is 3.93. The number of sulfonamides is 1. The summed E-state index contributed by atoms with van der Waals surface area (Å²) in [6, 6.07) is 5.75. The molecule has 0 unspecified atom stereocenters. The molecular weight excluding hydrogens is 254 g/mol. The van der Waals surface area contributed by atoms with Crippen molar-refractivity contribution in [2.45, 2.75) is 43.8 Å². The minimum atomic E-state index is -3.70. The highest BCUT2D eigenvalue weighted by atomic mass is 32.2. The summed E-state index contributed by atoms with van der Waals surface area (Å²) in [4.78, 5) is 0.0240. The average Bonchev–Trinajstić information content (AvgIpc) is 2.14. The van der Waals surface area contributed by atoms with E-state index in [4.69, 9.17) is 9.88 Å². The van der Waals surface area contributed by atoms with E-state index in [0.29, 0.717) is 5.75 Å². The number of hydrogen-bond donors (Lipinski definition) is 2. The summed E-state index contributed by atoms with van der Waals surface area (Å²) in [6.07, 6.45) is 0. The molecule has 1 rings (SSSR count). The van der Waals surface area contributed by atoms with Gasteiger partial charge in [-0.1, -0.05) is 0 Å². The van der Waals surface area contributed by atoms with E-state index in [2.05, 4.69) is 0 Å². The molecule has 0 aromatic heterocycles. The zero-order chi connectivity index (χ0) is 14.2. The van der Waals surface area contributed by atoms with Crippen molar-refractivity contribution in [2.24, 2.45) is 5.14 Å². The Bertz CT molecular complexity index is 512. The molecule has 1 aromatic carbocycles. The lowest BCUT2D eigenvalue weighted by Gasteiger charge is -2.37. The van der Waals surface area contributed by atoms with Gasteiger partial charge in [0.25, 0.3) is 0 Å². The van der Waals surface area contributed by atoms with Gasteiger partial charge in [0.15, 0.2) is 0 Å². The fourth-order valence-corrected chi connectivity index (χ4v) is 1.63. The van der Waals surface area contributed by atoms with Gasteiger partial charge in [-0.05, 0) is 52.0 Å². The maximum Gasteiger partial charge on any atom is 0.238 e. The smallest absolute Gasteiger partial charge is 0.238 e. The lowest BCUT2D eigenvalue weighted by Crippen LogP contribution is -2.49. The van der Waals surface area contributed by atoms with Gasteiger partial charge in [-0.25, -0.2) is 13.6 Å². The molecule has 5 nitrogen and oxygen atoms in total. The summed E-state index contributed by atoms with van der Waals surface area (Å²) in [5.74, 6) is 0.467. The molecule has 6 heteroatoms. The van der Waals surface area contributed by atoms with Gasteiger partial charge in [-0.3, -0.25) is 0 Å². The van der Waals surface area contributed by atoms with Gasteiger partial charge in [0, 0.05) is 0 Å². The van der Waals surface area contributed by atoms with Crippen molar-refractivity contribution in [3.63, 3.8) is 0 Å². The number of nitrogens with two attached hydrogens (primary N) is 1. The van der Waals surface area contributed by atoms with Gasteiger partial charge in [0.05, 0.1) is 10.5 Å². The van der Waals surface area contributed by atoms with Crippen LogP contribution in [0.2, 0.25) is 0 Å². The average molecular weight is 273 g/mol. The van der Waals surface area contributed by atoms with Gasteiger partial charge < -0.3 is 9.84 Å². The summed E-state index contributed by atoms with van der Waals surface area (Å²) >= 11 is 0. The minimum Gasteiger partial charge on any atom is -0.485 e. The molecule has 0 spiro atoms. The first-order valence-corrected chi connectivity index (χ1v) is 7.02. The highest BCUT2D eigenvalue weighted by Crippen LogP contribution is 2.28. The van der Waals surface area contributed by atoms with Gasteiger partial charge >= 0.3 is 0 Å². The van der Waals surface area contributed by atoms with E-state index in [1.165, 1.54) is 24.3 Å². The molecular formula is C12H19NO4S. The molecule has 18 heavy (non-hydrogen) atoms. The maximum atomic E-state index is 11.1. The van der Waals surface area contributed by atoms with Gasteiger partial charge in [0.2, 0.25) is 10.0 Å². The van der Waals surface area contributed by atoms with E-state index >= 15 is 0 Å². The zero-order valence-corrected chi connectivity index (χ0v) is 11.8. The number of benzene rings is 1. The molecule has 0 saturated heterocycles. The van der Waals surface area contributed by atoms with E-state index in [1.54, 1.807) is 27.7 Å². The quantitative estimate of drug-likeness (QED) is 0.864. The third-order valence-electron chi connectivity index (χ3n) is 3.00. The summed E-state index contributed by atoms with van der Waals surface area (Å²) in [7, 11) is -3.70. The molecule has 0 fully saturated rings. The molecule has 0 amide bonds. The van der Waals surface area contributed by atoms with Crippen LogP contribution in [0.15, 0.2) is 29.2 Å². The van der Waals surface area contributed by atoms with Crippen LogP contribution in [0.25, 0.3) is 0 Å². The molecule has 1 aromatic rings. The SMILES string of the molecule is CC(C)(O)C(C)(C)Oc1ccc(S(N)(=O)=O)cc1. The zero-order valence-electron chi connectivity index (χ0n) is 11.0. The highest BCUT2D eigenvalue weighted by Gasteiger charge is 2.37. The van der Waals surface area contributed by atoms with E-state index in [-0.39, 0.29) is 4.90 Å². The van der Waals surface area contributed by atoms with E-state index in [0.717, 1.165) is 0 Å². The van der Waals surface area contributed by atoms with Crippen LogP contribution in [0.4, 0.5) is 0 Å². The first kappa shape index (κ1) is 14.9. The van der Waals surface area contributed by atoms with Crippen molar-refractivity contribution in [3.8, 4) is 5.75 Å². The Labute approximate surface area is 108 Å². The molecule has 0 bridgehead atoms. The summed E-state index contributed by atoms with van der Waals surface area (Å²) in [5, 5.41) is 14.9. The Hall–Kier alpha value is -1.11. The monoisotopic (exact) mass is 273 g/mol. The van der Waals surface area contributed by atoms with Crippen LogP contribution < -0.4 is 9.88 Å². The summed E-state index contributed by atoms with van der Waals surface area (Å²) in [6.45, 7) is 6.79. The van der Waals surface area contributed by atoms with Gasteiger partial charge in [-0.2, -0.15) is 0 Å². The predicted octanol–water partition coefficient (Wildman–Crippen LogP) is 1.26. The Balaban J connectivity index is 2.95. The summed E-state index contributed by atoms with van der Waals surface area (Å²) in [5.41, 5.74) is -1.85. The van der Waals surface area contributed by atoms with Crippen LogP contribution in [-0.4, -0.2) is 24.7 Å². The number of rotatable bonds is 4. The number of primary sulfonamides is 1. The van der Waals surface area contributed by atoms with Crippen LogP contribution in [0.1, 0.15) is 27.7 Å². The van der Waals surface area contributed by atoms with Crippen LogP contribution in [0, 0.1) is 0 Å². The lowest BCUT2D eigenvalue weighted by atomic mass is 9.89. The van der Waals surface area contributed by atoms with E-state index in [9.17, 15) is 13.5 Å².